The lowest BCUT2D eigenvalue weighted by Gasteiger charge is -2.50. The lowest BCUT2D eigenvalue weighted by atomic mass is 9.52. The van der Waals surface area contributed by atoms with Crippen LogP contribution in [0, 0.1) is 10.8 Å². The Morgan fingerprint density at radius 2 is 1.77 bits per heavy atom. The van der Waals surface area contributed by atoms with Gasteiger partial charge in [-0.1, -0.05) is 51.1 Å². The first-order valence-corrected chi connectivity index (χ1v) is 8.06. The minimum absolute atomic E-state index is 0.0293. The predicted octanol–water partition coefficient (Wildman–Crippen LogP) is 4.12. The number of esters is 1. The van der Waals surface area contributed by atoms with Crippen molar-refractivity contribution in [1.29, 1.82) is 0 Å². The molecule has 0 unspecified atom stereocenters. The van der Waals surface area contributed by atoms with Gasteiger partial charge in [0.05, 0.1) is 6.61 Å². The zero-order valence-electron chi connectivity index (χ0n) is 14.0. The molecule has 1 fully saturated rings. The van der Waals surface area contributed by atoms with E-state index in [0.29, 0.717) is 25.9 Å². The molecule has 3 heteroatoms. The average Bonchev–Trinajstić information content (AvgIpc) is 2.45. The van der Waals surface area contributed by atoms with E-state index < -0.39 is 5.41 Å². The van der Waals surface area contributed by atoms with Gasteiger partial charge in [-0.3, -0.25) is 9.59 Å². The third kappa shape index (κ3) is 3.23. The van der Waals surface area contributed by atoms with Crippen molar-refractivity contribution in [1.82, 2.24) is 0 Å². The molecule has 120 valence electrons. The number of benzene rings is 1. The summed E-state index contributed by atoms with van der Waals surface area (Å²) in [5, 5.41) is 0. The monoisotopic (exact) mass is 302 g/mol. The van der Waals surface area contributed by atoms with Crippen LogP contribution in [0.1, 0.15) is 58.4 Å². The van der Waals surface area contributed by atoms with Gasteiger partial charge in [-0.15, -0.1) is 0 Å². The SMILES string of the molecule is CCOC(=O)C1(C(=O)C[C@H](C)c2ccccc2)CC(C)(C)C1. The number of carbonyl (C=O) groups is 2. The molecule has 3 nitrogen and oxygen atoms in total. The lowest BCUT2D eigenvalue weighted by molar-refractivity contribution is -0.175. The average molecular weight is 302 g/mol. The molecule has 1 saturated carbocycles. The molecule has 0 amide bonds. The fraction of sp³-hybridized carbons (Fsp3) is 0.579. The van der Waals surface area contributed by atoms with E-state index in [-0.39, 0.29) is 23.1 Å². The van der Waals surface area contributed by atoms with E-state index in [1.54, 1.807) is 6.92 Å². The van der Waals surface area contributed by atoms with Crippen molar-refractivity contribution in [2.24, 2.45) is 10.8 Å². The normalized spacial score (nSPS) is 19.8. The van der Waals surface area contributed by atoms with E-state index in [1.807, 2.05) is 37.3 Å². The van der Waals surface area contributed by atoms with Crippen molar-refractivity contribution in [2.45, 2.75) is 52.9 Å². The van der Waals surface area contributed by atoms with Crippen molar-refractivity contribution in [3.63, 3.8) is 0 Å². The molecule has 0 radical (unpaired) electrons. The highest BCUT2D eigenvalue weighted by atomic mass is 16.5. The van der Waals surface area contributed by atoms with Crippen LogP contribution in [-0.4, -0.2) is 18.4 Å². The summed E-state index contributed by atoms with van der Waals surface area (Å²) in [6.45, 7) is 8.33. The molecule has 1 aromatic rings. The predicted molar refractivity (Wildman–Crippen MR) is 86.6 cm³/mol. The molecule has 1 aromatic carbocycles. The summed E-state index contributed by atoms with van der Waals surface area (Å²) in [7, 11) is 0. The fourth-order valence-electron chi connectivity index (χ4n) is 3.68. The Morgan fingerprint density at radius 1 is 1.18 bits per heavy atom. The summed E-state index contributed by atoms with van der Waals surface area (Å²) in [6.07, 6.45) is 1.58. The number of Topliss-reactive ketones (excluding diaryl/α,β-unsaturated/α-hetero) is 1. The fourth-order valence-corrected chi connectivity index (χ4v) is 3.68. The topological polar surface area (TPSA) is 43.4 Å². The minimum Gasteiger partial charge on any atom is -0.465 e. The Morgan fingerprint density at radius 3 is 2.27 bits per heavy atom. The molecular weight excluding hydrogens is 276 g/mol. The van der Waals surface area contributed by atoms with E-state index in [1.165, 1.54) is 0 Å². The van der Waals surface area contributed by atoms with E-state index in [4.69, 9.17) is 4.74 Å². The van der Waals surface area contributed by atoms with Gasteiger partial charge in [0.15, 0.2) is 5.78 Å². The first-order chi connectivity index (χ1) is 10.3. The second-order valence-corrected chi connectivity index (χ2v) is 7.26. The van der Waals surface area contributed by atoms with Crippen LogP contribution >= 0.6 is 0 Å². The summed E-state index contributed by atoms with van der Waals surface area (Å²) >= 11 is 0. The Kier molecular flexibility index (Phi) is 4.74. The van der Waals surface area contributed by atoms with Crippen LogP contribution in [0.3, 0.4) is 0 Å². The lowest BCUT2D eigenvalue weighted by Crippen LogP contribution is -2.54. The second kappa shape index (κ2) is 6.23. The van der Waals surface area contributed by atoms with Gasteiger partial charge in [0.25, 0.3) is 0 Å². The third-order valence-electron chi connectivity index (χ3n) is 4.62. The van der Waals surface area contributed by atoms with E-state index >= 15 is 0 Å². The van der Waals surface area contributed by atoms with Gasteiger partial charge in [0, 0.05) is 6.42 Å². The van der Waals surface area contributed by atoms with Gasteiger partial charge in [-0.25, -0.2) is 0 Å². The van der Waals surface area contributed by atoms with Crippen LogP contribution in [0.2, 0.25) is 0 Å². The minimum atomic E-state index is -0.914. The van der Waals surface area contributed by atoms with Crippen molar-refractivity contribution in [3.8, 4) is 0 Å². The second-order valence-electron chi connectivity index (χ2n) is 7.26. The van der Waals surface area contributed by atoms with Gasteiger partial charge >= 0.3 is 5.97 Å². The summed E-state index contributed by atoms with van der Waals surface area (Å²) in [5.74, 6) is -0.190. The Bertz CT molecular complexity index is 537. The molecule has 1 aliphatic carbocycles. The van der Waals surface area contributed by atoms with Crippen LogP contribution in [0.25, 0.3) is 0 Å². The Labute approximate surface area is 133 Å². The number of ketones is 1. The molecule has 0 saturated heterocycles. The molecule has 0 aliphatic heterocycles. The van der Waals surface area contributed by atoms with Crippen molar-refractivity contribution < 1.29 is 14.3 Å². The van der Waals surface area contributed by atoms with Crippen LogP contribution in [0.4, 0.5) is 0 Å². The van der Waals surface area contributed by atoms with Crippen LogP contribution in [-0.2, 0) is 14.3 Å². The number of hydrogen-bond acceptors (Lipinski definition) is 3. The van der Waals surface area contributed by atoms with Gasteiger partial charge < -0.3 is 4.74 Å². The number of ether oxygens (including phenoxy) is 1. The summed E-state index contributed by atoms with van der Waals surface area (Å²) < 4.78 is 5.19. The molecule has 22 heavy (non-hydrogen) atoms. The maximum absolute atomic E-state index is 12.8. The maximum Gasteiger partial charge on any atom is 0.319 e. The zero-order valence-corrected chi connectivity index (χ0v) is 14.0. The maximum atomic E-state index is 12.8. The Hall–Kier alpha value is -1.64. The first kappa shape index (κ1) is 16.7. The van der Waals surface area contributed by atoms with Crippen LogP contribution in [0.5, 0.6) is 0 Å². The molecule has 0 bridgehead atoms. The van der Waals surface area contributed by atoms with Gasteiger partial charge in [-0.05, 0) is 36.7 Å². The van der Waals surface area contributed by atoms with Gasteiger partial charge in [0.2, 0.25) is 0 Å². The quantitative estimate of drug-likeness (QED) is 0.586. The molecule has 2 rings (SSSR count). The third-order valence-corrected chi connectivity index (χ3v) is 4.62. The molecule has 1 aliphatic rings. The van der Waals surface area contributed by atoms with Gasteiger partial charge in [0.1, 0.15) is 5.41 Å². The molecule has 0 aromatic heterocycles. The highest BCUT2D eigenvalue weighted by Crippen LogP contribution is 2.56. The molecular formula is C19H26O3. The zero-order chi connectivity index (χ0) is 16.4. The highest BCUT2D eigenvalue weighted by molar-refractivity contribution is 6.05. The van der Waals surface area contributed by atoms with Crippen molar-refractivity contribution >= 4 is 11.8 Å². The van der Waals surface area contributed by atoms with Crippen molar-refractivity contribution in [3.05, 3.63) is 35.9 Å². The summed E-state index contributed by atoms with van der Waals surface area (Å²) in [4.78, 5) is 25.2. The number of rotatable bonds is 6. The van der Waals surface area contributed by atoms with Crippen LogP contribution in [0.15, 0.2) is 30.3 Å². The van der Waals surface area contributed by atoms with E-state index in [9.17, 15) is 9.59 Å². The highest BCUT2D eigenvalue weighted by Gasteiger charge is 2.59. The Balaban J connectivity index is 2.12. The smallest absolute Gasteiger partial charge is 0.319 e. The molecule has 0 heterocycles. The standard InChI is InChI=1S/C19H26O3/c1-5-22-17(21)19(12-18(3,4)13-19)16(20)11-14(2)15-9-7-6-8-10-15/h6-10,14H,5,11-13H2,1-4H3/t14-/m0/s1. The number of carbonyl (C=O) groups excluding carboxylic acids is 2. The first-order valence-electron chi connectivity index (χ1n) is 8.06. The largest absolute Gasteiger partial charge is 0.465 e. The van der Waals surface area contributed by atoms with E-state index in [2.05, 4.69) is 13.8 Å². The van der Waals surface area contributed by atoms with Gasteiger partial charge in [-0.2, -0.15) is 0 Å². The molecule has 0 spiro atoms. The van der Waals surface area contributed by atoms with Crippen molar-refractivity contribution in [2.75, 3.05) is 6.61 Å². The number of hydrogen-bond donors (Lipinski definition) is 0. The molecule has 1 atom stereocenters. The van der Waals surface area contributed by atoms with E-state index in [0.717, 1.165) is 5.56 Å². The summed E-state index contributed by atoms with van der Waals surface area (Å²) in [5.41, 5.74) is 0.259. The van der Waals surface area contributed by atoms with Crippen LogP contribution < -0.4 is 0 Å². The summed E-state index contributed by atoms with van der Waals surface area (Å²) in [6, 6.07) is 9.97. The molecule has 0 N–H and O–H groups in total.